The fourth-order valence-corrected chi connectivity index (χ4v) is 2.74. The van der Waals surface area contributed by atoms with E-state index in [-0.39, 0.29) is 5.41 Å². The summed E-state index contributed by atoms with van der Waals surface area (Å²) in [7, 11) is 0. The van der Waals surface area contributed by atoms with Crippen LogP contribution in [0.2, 0.25) is 0 Å². The van der Waals surface area contributed by atoms with Crippen LogP contribution < -0.4 is 0 Å². The lowest BCUT2D eigenvalue weighted by Crippen LogP contribution is -2.36. The van der Waals surface area contributed by atoms with Crippen molar-refractivity contribution in [2.24, 2.45) is 0 Å². The highest BCUT2D eigenvalue weighted by Crippen LogP contribution is 2.23. The van der Waals surface area contributed by atoms with Gasteiger partial charge in [0.2, 0.25) is 0 Å². The Bertz CT molecular complexity index is 519. The van der Waals surface area contributed by atoms with Crippen molar-refractivity contribution >= 4 is 11.9 Å². The summed E-state index contributed by atoms with van der Waals surface area (Å²) >= 11 is 0. The molecule has 0 aliphatic carbocycles. The van der Waals surface area contributed by atoms with Gasteiger partial charge < -0.3 is 0 Å². The molecule has 0 N–H and O–H groups in total. The van der Waals surface area contributed by atoms with Gasteiger partial charge >= 0.3 is 0 Å². The number of rotatable bonds is 3. The van der Waals surface area contributed by atoms with Crippen LogP contribution in [0.25, 0.3) is 6.08 Å². The van der Waals surface area contributed by atoms with Crippen molar-refractivity contribution in [3.63, 3.8) is 0 Å². The number of carbonyl (C=O) groups is 1. The SMILES string of the molecule is CCCN1CCC(=O)/C(=C/c2ccc(C(C)(C)C)cc2)C1. The minimum absolute atomic E-state index is 0.171. The summed E-state index contributed by atoms with van der Waals surface area (Å²) in [6, 6.07) is 8.59. The number of hydrogen-bond donors (Lipinski definition) is 0. The molecule has 1 heterocycles. The smallest absolute Gasteiger partial charge is 0.161 e. The molecule has 1 saturated heterocycles. The molecule has 0 saturated carbocycles. The number of piperidine rings is 1. The monoisotopic (exact) mass is 285 g/mol. The first-order valence-corrected chi connectivity index (χ1v) is 7.97. The summed E-state index contributed by atoms with van der Waals surface area (Å²) in [6.45, 7) is 11.6. The standard InChI is InChI=1S/C19H27NO/c1-5-11-20-12-10-18(21)16(14-20)13-15-6-8-17(9-7-15)19(2,3)4/h6-9,13H,5,10-12,14H2,1-4H3/b16-13+. The number of Topliss-reactive ketones (excluding diaryl/α,β-unsaturated/α-hetero) is 1. The van der Waals surface area contributed by atoms with Crippen molar-refractivity contribution < 1.29 is 4.79 Å². The van der Waals surface area contributed by atoms with Crippen molar-refractivity contribution in [3.8, 4) is 0 Å². The zero-order valence-electron chi connectivity index (χ0n) is 13.8. The van der Waals surface area contributed by atoms with Crippen molar-refractivity contribution in [3.05, 3.63) is 41.0 Å². The van der Waals surface area contributed by atoms with Crippen molar-refractivity contribution in [2.45, 2.75) is 46.0 Å². The highest BCUT2D eigenvalue weighted by atomic mass is 16.1. The van der Waals surface area contributed by atoms with E-state index in [1.165, 1.54) is 5.56 Å². The fourth-order valence-electron chi connectivity index (χ4n) is 2.74. The first kappa shape index (κ1) is 16.0. The molecule has 0 bridgehead atoms. The van der Waals surface area contributed by atoms with Gasteiger partial charge in [0.15, 0.2) is 5.78 Å². The van der Waals surface area contributed by atoms with Crippen LogP contribution in [0.3, 0.4) is 0 Å². The molecule has 1 aromatic rings. The molecule has 1 aliphatic heterocycles. The van der Waals surface area contributed by atoms with Crippen LogP contribution in [0.1, 0.15) is 51.7 Å². The highest BCUT2D eigenvalue weighted by Gasteiger charge is 2.20. The molecule has 1 aliphatic rings. The van der Waals surface area contributed by atoms with Gasteiger partial charge in [-0.1, -0.05) is 52.0 Å². The average Bonchev–Trinajstić information content (AvgIpc) is 2.42. The summed E-state index contributed by atoms with van der Waals surface area (Å²) in [5.41, 5.74) is 3.58. The zero-order valence-corrected chi connectivity index (χ0v) is 13.8. The molecule has 21 heavy (non-hydrogen) atoms. The van der Waals surface area contributed by atoms with E-state index in [0.29, 0.717) is 12.2 Å². The summed E-state index contributed by atoms with van der Waals surface area (Å²) in [5.74, 6) is 0.308. The molecule has 2 nitrogen and oxygen atoms in total. The van der Waals surface area contributed by atoms with Gasteiger partial charge in [0.1, 0.15) is 0 Å². The lowest BCUT2D eigenvalue weighted by atomic mass is 9.86. The van der Waals surface area contributed by atoms with Crippen LogP contribution in [-0.4, -0.2) is 30.3 Å². The second-order valence-electron chi connectivity index (χ2n) is 6.99. The quantitative estimate of drug-likeness (QED) is 0.781. The highest BCUT2D eigenvalue weighted by molar-refractivity contribution is 6.00. The van der Waals surface area contributed by atoms with Crippen LogP contribution in [0, 0.1) is 0 Å². The Morgan fingerprint density at radius 2 is 1.86 bits per heavy atom. The van der Waals surface area contributed by atoms with Gasteiger partial charge in [0, 0.05) is 25.1 Å². The van der Waals surface area contributed by atoms with Gasteiger partial charge in [-0.15, -0.1) is 0 Å². The maximum absolute atomic E-state index is 12.1. The Morgan fingerprint density at radius 1 is 1.19 bits per heavy atom. The lowest BCUT2D eigenvalue weighted by molar-refractivity contribution is -0.117. The van der Waals surface area contributed by atoms with E-state index in [1.54, 1.807) is 0 Å². The maximum Gasteiger partial charge on any atom is 0.161 e. The molecule has 1 fully saturated rings. The first-order valence-electron chi connectivity index (χ1n) is 7.97. The van der Waals surface area contributed by atoms with E-state index < -0.39 is 0 Å². The molecule has 0 aromatic heterocycles. The Balaban J connectivity index is 2.15. The zero-order chi connectivity index (χ0) is 15.5. The number of likely N-dealkylation sites (tertiary alicyclic amines) is 1. The van der Waals surface area contributed by atoms with Crippen LogP contribution in [0.4, 0.5) is 0 Å². The fraction of sp³-hybridized carbons (Fsp3) is 0.526. The number of nitrogens with zero attached hydrogens (tertiary/aromatic N) is 1. The van der Waals surface area contributed by atoms with Gasteiger partial charge in [-0.3, -0.25) is 9.69 Å². The largest absolute Gasteiger partial charge is 0.299 e. The van der Waals surface area contributed by atoms with E-state index in [9.17, 15) is 4.79 Å². The van der Waals surface area contributed by atoms with E-state index in [1.807, 2.05) is 0 Å². The number of hydrogen-bond acceptors (Lipinski definition) is 2. The van der Waals surface area contributed by atoms with E-state index in [0.717, 1.165) is 37.2 Å². The maximum atomic E-state index is 12.1. The topological polar surface area (TPSA) is 20.3 Å². The molecule has 0 amide bonds. The second-order valence-corrected chi connectivity index (χ2v) is 6.99. The van der Waals surface area contributed by atoms with Crippen molar-refractivity contribution in [1.29, 1.82) is 0 Å². The van der Waals surface area contributed by atoms with Gasteiger partial charge in [0.25, 0.3) is 0 Å². The molecule has 2 heteroatoms. The first-order chi connectivity index (χ1) is 9.90. The summed E-state index contributed by atoms with van der Waals surface area (Å²) < 4.78 is 0. The van der Waals surface area contributed by atoms with Crippen molar-refractivity contribution in [1.82, 2.24) is 4.90 Å². The number of carbonyl (C=O) groups excluding carboxylic acids is 1. The van der Waals surface area contributed by atoms with Crippen LogP contribution in [-0.2, 0) is 10.2 Å². The average molecular weight is 285 g/mol. The van der Waals surface area contributed by atoms with Gasteiger partial charge in [0.05, 0.1) is 0 Å². The molecule has 0 atom stereocenters. The molecule has 0 spiro atoms. The molecule has 0 radical (unpaired) electrons. The summed E-state index contributed by atoms with van der Waals surface area (Å²) in [5, 5.41) is 0. The minimum atomic E-state index is 0.171. The molecular weight excluding hydrogens is 258 g/mol. The molecule has 114 valence electrons. The van der Waals surface area contributed by atoms with Crippen LogP contribution >= 0.6 is 0 Å². The van der Waals surface area contributed by atoms with E-state index in [2.05, 4.69) is 62.9 Å². The Labute approximate surface area is 128 Å². The van der Waals surface area contributed by atoms with Crippen LogP contribution in [0.15, 0.2) is 29.8 Å². The molecular formula is C19H27NO. The third-order valence-corrected chi connectivity index (χ3v) is 4.06. The Morgan fingerprint density at radius 3 is 2.43 bits per heavy atom. The predicted octanol–water partition coefficient (Wildman–Crippen LogP) is 4.05. The lowest BCUT2D eigenvalue weighted by Gasteiger charge is -2.27. The predicted molar refractivity (Wildman–Crippen MR) is 89.5 cm³/mol. The van der Waals surface area contributed by atoms with E-state index in [4.69, 9.17) is 0 Å². The third-order valence-electron chi connectivity index (χ3n) is 4.06. The van der Waals surface area contributed by atoms with Gasteiger partial charge in [-0.2, -0.15) is 0 Å². The normalized spacial score (nSPS) is 19.2. The molecule has 1 aromatic carbocycles. The molecule has 0 unspecified atom stereocenters. The Kier molecular flexibility index (Phi) is 5.00. The third kappa shape index (κ3) is 4.28. The number of ketones is 1. The summed E-state index contributed by atoms with van der Waals surface area (Å²) in [4.78, 5) is 14.5. The van der Waals surface area contributed by atoms with E-state index >= 15 is 0 Å². The van der Waals surface area contributed by atoms with Crippen LogP contribution in [0.5, 0.6) is 0 Å². The van der Waals surface area contributed by atoms with Gasteiger partial charge in [-0.05, 0) is 35.6 Å². The number of benzene rings is 1. The van der Waals surface area contributed by atoms with Crippen molar-refractivity contribution in [2.75, 3.05) is 19.6 Å². The minimum Gasteiger partial charge on any atom is -0.299 e. The second kappa shape index (κ2) is 6.57. The Hall–Kier alpha value is -1.41. The summed E-state index contributed by atoms with van der Waals surface area (Å²) in [6.07, 6.45) is 3.87. The molecule has 2 rings (SSSR count). The van der Waals surface area contributed by atoms with Gasteiger partial charge in [-0.25, -0.2) is 0 Å².